The number of hydrogen-bond donors (Lipinski definition) is 5. The van der Waals surface area contributed by atoms with Crippen LogP contribution in [0.5, 0.6) is 0 Å². The van der Waals surface area contributed by atoms with E-state index in [9.17, 15) is 36.0 Å². The highest BCUT2D eigenvalue weighted by Gasteiger charge is 2.32. The fourth-order valence-corrected chi connectivity index (χ4v) is 4.93. The molecule has 0 saturated heterocycles. The molecule has 0 aromatic heterocycles. The molecule has 14 heteroatoms. The second-order valence-electron chi connectivity index (χ2n) is 10.3. The van der Waals surface area contributed by atoms with Gasteiger partial charge >= 0.3 is 6.18 Å². The summed E-state index contributed by atoms with van der Waals surface area (Å²) >= 11 is 0. The Balaban J connectivity index is 1.63. The monoisotopic (exact) mass is 597 g/mol. The molecule has 1 saturated carbocycles. The standard InChI is InChI=1S/C27H34F3N5O5S/c1-16(2)14-32-21-12-9-18(27(28,29)30)13-20(21)26(38)33-15-24(36)34-22-5-3-4-6-23(22)35-25(37)17-7-10-19(11-8-17)41(31,39)40/h7-13,16,22-23,32H,3-6,14-15H2,1-2H3,(H,33,38)(H,34,36)(H,35,37)(H2,31,39,40)/t22-,23+/m1/s1. The van der Waals surface area contributed by atoms with Crippen molar-refractivity contribution in [3.63, 3.8) is 0 Å². The third-order valence-corrected chi connectivity index (χ3v) is 7.50. The van der Waals surface area contributed by atoms with Crippen molar-refractivity contribution in [1.29, 1.82) is 0 Å². The fraction of sp³-hybridized carbons (Fsp3) is 0.444. The number of halogens is 3. The maximum absolute atomic E-state index is 13.3. The summed E-state index contributed by atoms with van der Waals surface area (Å²) in [7, 11) is -3.90. The summed E-state index contributed by atoms with van der Waals surface area (Å²) in [6.45, 7) is 3.76. The van der Waals surface area contributed by atoms with Gasteiger partial charge in [-0.3, -0.25) is 14.4 Å². The van der Waals surface area contributed by atoms with Gasteiger partial charge in [-0.05, 0) is 61.2 Å². The summed E-state index contributed by atoms with van der Waals surface area (Å²) in [5.74, 6) is -1.69. The van der Waals surface area contributed by atoms with Gasteiger partial charge in [0.25, 0.3) is 11.8 Å². The van der Waals surface area contributed by atoms with Gasteiger partial charge in [0, 0.05) is 29.9 Å². The molecule has 2 aromatic carbocycles. The maximum atomic E-state index is 13.3. The van der Waals surface area contributed by atoms with E-state index in [4.69, 9.17) is 5.14 Å². The van der Waals surface area contributed by atoms with Crippen LogP contribution in [0, 0.1) is 5.92 Å². The van der Waals surface area contributed by atoms with E-state index in [0.717, 1.165) is 25.0 Å². The van der Waals surface area contributed by atoms with Crippen molar-refractivity contribution in [3.05, 3.63) is 59.2 Å². The Morgan fingerprint density at radius 3 is 2.12 bits per heavy atom. The van der Waals surface area contributed by atoms with Crippen LogP contribution in [0.4, 0.5) is 18.9 Å². The molecule has 3 amide bonds. The molecule has 41 heavy (non-hydrogen) atoms. The van der Waals surface area contributed by atoms with Gasteiger partial charge in [0.2, 0.25) is 15.9 Å². The first-order valence-electron chi connectivity index (χ1n) is 13.1. The Hall–Kier alpha value is -3.65. The number of carbonyl (C=O) groups excluding carboxylic acids is 3. The summed E-state index contributed by atoms with van der Waals surface area (Å²) in [5.41, 5.74) is -0.785. The molecule has 0 unspecified atom stereocenters. The van der Waals surface area contributed by atoms with E-state index in [1.54, 1.807) is 0 Å². The van der Waals surface area contributed by atoms with Crippen LogP contribution in [0.2, 0.25) is 0 Å². The number of anilines is 1. The highest BCUT2D eigenvalue weighted by molar-refractivity contribution is 7.89. The second kappa shape index (κ2) is 13.3. The van der Waals surface area contributed by atoms with Gasteiger partial charge < -0.3 is 21.3 Å². The summed E-state index contributed by atoms with van der Waals surface area (Å²) < 4.78 is 62.7. The summed E-state index contributed by atoms with van der Waals surface area (Å²) in [5, 5.41) is 16.1. The molecule has 1 aliphatic carbocycles. The van der Waals surface area contributed by atoms with E-state index in [2.05, 4.69) is 21.3 Å². The first-order valence-corrected chi connectivity index (χ1v) is 14.7. The van der Waals surface area contributed by atoms with Crippen LogP contribution in [-0.4, -0.2) is 51.3 Å². The zero-order chi connectivity index (χ0) is 30.4. The van der Waals surface area contributed by atoms with Crippen molar-refractivity contribution < 1.29 is 36.0 Å². The molecule has 1 aliphatic rings. The molecule has 1 fully saturated rings. The summed E-state index contributed by atoms with van der Waals surface area (Å²) in [6, 6.07) is 7.07. The Bertz CT molecular complexity index is 1360. The van der Waals surface area contributed by atoms with Gasteiger partial charge in [-0.2, -0.15) is 13.2 Å². The van der Waals surface area contributed by atoms with Crippen molar-refractivity contribution in [2.45, 2.75) is 62.7 Å². The number of primary sulfonamides is 1. The van der Waals surface area contributed by atoms with Crippen LogP contribution in [0.1, 0.15) is 65.8 Å². The fourth-order valence-electron chi connectivity index (χ4n) is 4.41. The number of nitrogens with one attached hydrogen (secondary N) is 4. The minimum absolute atomic E-state index is 0.133. The Kier molecular flexibility index (Phi) is 10.4. The highest BCUT2D eigenvalue weighted by Crippen LogP contribution is 2.32. The van der Waals surface area contributed by atoms with E-state index in [0.29, 0.717) is 19.4 Å². The minimum Gasteiger partial charge on any atom is -0.384 e. The molecule has 6 N–H and O–H groups in total. The van der Waals surface area contributed by atoms with Gasteiger partial charge in [-0.25, -0.2) is 13.6 Å². The maximum Gasteiger partial charge on any atom is 0.416 e. The summed E-state index contributed by atoms with van der Waals surface area (Å²) in [4.78, 5) is 38.2. The minimum atomic E-state index is -4.65. The average molecular weight is 598 g/mol. The lowest BCUT2D eigenvalue weighted by Crippen LogP contribution is -2.54. The van der Waals surface area contributed by atoms with Crippen LogP contribution in [-0.2, 0) is 21.0 Å². The average Bonchev–Trinajstić information content (AvgIpc) is 2.90. The van der Waals surface area contributed by atoms with E-state index >= 15 is 0 Å². The molecular formula is C27H34F3N5O5S. The Morgan fingerprint density at radius 2 is 1.56 bits per heavy atom. The van der Waals surface area contributed by atoms with Crippen molar-refractivity contribution in [1.82, 2.24) is 16.0 Å². The van der Waals surface area contributed by atoms with Crippen LogP contribution in [0.25, 0.3) is 0 Å². The molecule has 0 radical (unpaired) electrons. The number of benzene rings is 2. The number of nitrogens with two attached hydrogens (primary N) is 1. The largest absolute Gasteiger partial charge is 0.416 e. The predicted molar refractivity (Wildman–Crippen MR) is 147 cm³/mol. The Morgan fingerprint density at radius 1 is 0.951 bits per heavy atom. The van der Waals surface area contributed by atoms with Crippen molar-refractivity contribution >= 4 is 33.4 Å². The molecular weight excluding hydrogens is 563 g/mol. The number of amides is 3. The third kappa shape index (κ3) is 9.18. The van der Waals surface area contributed by atoms with E-state index in [1.807, 2.05) is 13.8 Å². The smallest absolute Gasteiger partial charge is 0.384 e. The van der Waals surface area contributed by atoms with Gasteiger partial charge in [0.15, 0.2) is 0 Å². The van der Waals surface area contributed by atoms with Gasteiger partial charge in [-0.15, -0.1) is 0 Å². The highest BCUT2D eigenvalue weighted by atomic mass is 32.2. The van der Waals surface area contributed by atoms with Crippen molar-refractivity contribution in [2.75, 3.05) is 18.4 Å². The number of sulfonamides is 1. The number of alkyl halides is 3. The molecule has 0 spiro atoms. The van der Waals surface area contributed by atoms with Crippen molar-refractivity contribution in [3.8, 4) is 0 Å². The van der Waals surface area contributed by atoms with Crippen LogP contribution in [0.15, 0.2) is 47.4 Å². The normalized spacial score (nSPS) is 17.5. The SMILES string of the molecule is CC(C)CNc1ccc(C(F)(F)F)cc1C(=O)NCC(=O)N[C@@H]1CCCC[C@@H]1NC(=O)c1ccc(S(N)(=O)=O)cc1. The molecule has 3 rings (SSSR count). The molecule has 0 heterocycles. The summed E-state index contributed by atoms with van der Waals surface area (Å²) in [6.07, 6.45) is -1.91. The molecule has 2 aromatic rings. The van der Waals surface area contributed by atoms with Gasteiger partial charge in [0.05, 0.1) is 22.6 Å². The molecule has 0 bridgehead atoms. The van der Waals surface area contributed by atoms with E-state index < -0.39 is 58.1 Å². The number of hydrogen-bond acceptors (Lipinski definition) is 6. The lowest BCUT2D eigenvalue weighted by molar-refractivity contribution is -0.137. The molecule has 10 nitrogen and oxygen atoms in total. The van der Waals surface area contributed by atoms with Crippen LogP contribution in [0.3, 0.4) is 0 Å². The van der Waals surface area contributed by atoms with E-state index in [-0.39, 0.29) is 27.6 Å². The lowest BCUT2D eigenvalue weighted by atomic mass is 9.90. The molecule has 2 atom stereocenters. The van der Waals surface area contributed by atoms with Crippen LogP contribution >= 0.6 is 0 Å². The number of rotatable bonds is 10. The van der Waals surface area contributed by atoms with Gasteiger partial charge in [0.1, 0.15) is 0 Å². The molecule has 0 aliphatic heterocycles. The quantitative estimate of drug-likeness (QED) is 0.283. The second-order valence-corrected chi connectivity index (χ2v) is 11.9. The van der Waals surface area contributed by atoms with Crippen LogP contribution < -0.4 is 26.4 Å². The predicted octanol–water partition coefficient (Wildman–Crippen LogP) is 3.01. The Labute approximate surface area is 236 Å². The first kappa shape index (κ1) is 31.9. The molecule has 224 valence electrons. The lowest BCUT2D eigenvalue weighted by Gasteiger charge is -2.33. The zero-order valence-corrected chi connectivity index (χ0v) is 23.5. The van der Waals surface area contributed by atoms with Gasteiger partial charge in [-0.1, -0.05) is 26.7 Å². The third-order valence-electron chi connectivity index (χ3n) is 6.58. The van der Waals surface area contributed by atoms with E-state index in [1.165, 1.54) is 30.3 Å². The zero-order valence-electron chi connectivity index (χ0n) is 22.7. The first-order chi connectivity index (χ1) is 19.1. The topological polar surface area (TPSA) is 159 Å². The number of carbonyl (C=O) groups is 3. The van der Waals surface area contributed by atoms with Crippen molar-refractivity contribution in [2.24, 2.45) is 11.1 Å².